The Morgan fingerprint density at radius 1 is 1.64 bits per heavy atom. The standard InChI is InChI=1S/C7H4BrN2S/c8-5-1-7(11-3-5)6-2-9-4-10-6/h1-3H,(H,9,10). The summed E-state index contributed by atoms with van der Waals surface area (Å²) in [4.78, 5) is 7.95. The Morgan fingerprint density at radius 2 is 2.55 bits per heavy atom. The zero-order chi connectivity index (χ0) is 7.68. The average Bonchev–Trinajstić information content (AvgIpc) is 2.55. The van der Waals surface area contributed by atoms with Gasteiger partial charge in [0.2, 0.25) is 0 Å². The summed E-state index contributed by atoms with van der Waals surface area (Å²) in [6.07, 6.45) is 4.49. The molecule has 0 unspecified atom stereocenters. The third kappa shape index (κ3) is 1.36. The SMILES string of the molecule is Brc1csc(-c2c[nH][c]n2)c1. The van der Waals surface area contributed by atoms with E-state index in [0.717, 1.165) is 15.0 Å². The molecule has 1 N–H and O–H groups in total. The minimum Gasteiger partial charge on any atom is -0.341 e. The maximum atomic E-state index is 4.01. The van der Waals surface area contributed by atoms with E-state index in [4.69, 9.17) is 0 Å². The van der Waals surface area contributed by atoms with Crippen molar-refractivity contribution < 1.29 is 0 Å². The largest absolute Gasteiger partial charge is 0.341 e. The van der Waals surface area contributed by atoms with Crippen LogP contribution in [0.2, 0.25) is 0 Å². The lowest BCUT2D eigenvalue weighted by Crippen LogP contribution is -1.66. The van der Waals surface area contributed by atoms with E-state index in [1.54, 1.807) is 11.3 Å². The molecule has 0 atom stereocenters. The molecule has 0 amide bonds. The van der Waals surface area contributed by atoms with Crippen LogP contribution >= 0.6 is 27.3 Å². The summed E-state index contributed by atoms with van der Waals surface area (Å²) in [7, 11) is 0. The average molecular weight is 228 g/mol. The van der Waals surface area contributed by atoms with Crippen LogP contribution in [-0.2, 0) is 0 Å². The third-order valence-corrected chi connectivity index (χ3v) is 2.98. The summed E-state index contributed by atoms with van der Waals surface area (Å²) in [5.41, 5.74) is 0.945. The van der Waals surface area contributed by atoms with Gasteiger partial charge in [0.05, 0.1) is 10.6 Å². The number of thiophene rings is 1. The van der Waals surface area contributed by atoms with Crippen LogP contribution in [0.4, 0.5) is 0 Å². The van der Waals surface area contributed by atoms with Crippen molar-refractivity contribution >= 4 is 27.3 Å². The van der Waals surface area contributed by atoms with Crippen LogP contribution in [-0.4, -0.2) is 9.97 Å². The maximum absolute atomic E-state index is 4.01. The second-order valence-electron chi connectivity index (χ2n) is 2.03. The number of hydrogen-bond donors (Lipinski definition) is 1. The van der Waals surface area contributed by atoms with Gasteiger partial charge in [0.25, 0.3) is 0 Å². The zero-order valence-electron chi connectivity index (χ0n) is 5.47. The Hall–Kier alpha value is -0.610. The number of nitrogens with zero attached hydrogens (tertiary/aromatic N) is 1. The fourth-order valence-corrected chi connectivity index (χ4v) is 2.19. The molecule has 0 aliphatic carbocycles. The van der Waals surface area contributed by atoms with Gasteiger partial charge in [-0.1, -0.05) is 0 Å². The third-order valence-electron chi connectivity index (χ3n) is 1.27. The van der Waals surface area contributed by atoms with E-state index in [2.05, 4.69) is 32.2 Å². The van der Waals surface area contributed by atoms with Crippen LogP contribution < -0.4 is 0 Å². The van der Waals surface area contributed by atoms with E-state index in [9.17, 15) is 0 Å². The van der Waals surface area contributed by atoms with E-state index in [1.165, 1.54) is 0 Å². The summed E-state index contributed by atoms with van der Waals surface area (Å²) in [5, 5.41) is 2.03. The molecule has 0 saturated carbocycles. The summed E-state index contributed by atoms with van der Waals surface area (Å²) < 4.78 is 1.10. The molecular formula is C7H4BrN2S. The molecule has 0 spiro atoms. The van der Waals surface area contributed by atoms with Crippen LogP contribution in [0, 0.1) is 6.33 Å². The van der Waals surface area contributed by atoms with Gasteiger partial charge in [-0.25, -0.2) is 4.98 Å². The van der Waals surface area contributed by atoms with Crippen LogP contribution in [0.15, 0.2) is 22.1 Å². The number of rotatable bonds is 1. The molecular weight excluding hydrogens is 224 g/mol. The highest BCUT2D eigenvalue weighted by molar-refractivity contribution is 9.10. The molecule has 2 aromatic rings. The number of imidazole rings is 1. The van der Waals surface area contributed by atoms with Crippen molar-refractivity contribution in [2.45, 2.75) is 0 Å². The monoisotopic (exact) mass is 227 g/mol. The van der Waals surface area contributed by atoms with Crippen molar-refractivity contribution in [2.24, 2.45) is 0 Å². The van der Waals surface area contributed by atoms with E-state index < -0.39 is 0 Å². The number of H-pyrrole nitrogens is 1. The topological polar surface area (TPSA) is 28.7 Å². The molecule has 4 heteroatoms. The van der Waals surface area contributed by atoms with Gasteiger partial charge < -0.3 is 4.98 Å². The summed E-state index contributed by atoms with van der Waals surface area (Å²) in [5.74, 6) is 0. The predicted molar refractivity (Wildman–Crippen MR) is 48.4 cm³/mol. The molecule has 11 heavy (non-hydrogen) atoms. The van der Waals surface area contributed by atoms with E-state index in [-0.39, 0.29) is 0 Å². The van der Waals surface area contributed by atoms with Gasteiger partial charge in [0.1, 0.15) is 0 Å². The lowest BCUT2D eigenvalue weighted by atomic mass is 10.4. The normalized spacial score (nSPS) is 10.3. The molecule has 2 rings (SSSR count). The van der Waals surface area contributed by atoms with Crippen molar-refractivity contribution in [1.82, 2.24) is 9.97 Å². The van der Waals surface area contributed by atoms with Gasteiger partial charge in [-0.15, -0.1) is 11.3 Å². The van der Waals surface area contributed by atoms with E-state index >= 15 is 0 Å². The molecule has 55 valence electrons. The Labute approximate surface area is 76.4 Å². The Balaban J connectivity index is 2.45. The lowest BCUT2D eigenvalue weighted by molar-refractivity contribution is 1.29. The first-order chi connectivity index (χ1) is 5.36. The Bertz CT molecular complexity index is 339. The fraction of sp³-hybridized carbons (Fsp3) is 0. The minimum atomic E-state index is 0.945. The number of aromatic nitrogens is 2. The van der Waals surface area contributed by atoms with Gasteiger partial charge in [0, 0.05) is 16.0 Å². The van der Waals surface area contributed by atoms with Crippen LogP contribution in [0.3, 0.4) is 0 Å². The highest BCUT2D eigenvalue weighted by Gasteiger charge is 2.01. The first kappa shape index (κ1) is 7.06. The van der Waals surface area contributed by atoms with Gasteiger partial charge in [0.15, 0.2) is 6.33 Å². The first-order valence-electron chi connectivity index (χ1n) is 3.02. The lowest BCUT2D eigenvalue weighted by Gasteiger charge is -1.83. The fourth-order valence-electron chi connectivity index (χ4n) is 0.799. The van der Waals surface area contributed by atoms with Gasteiger partial charge in [-0.2, -0.15) is 0 Å². The summed E-state index contributed by atoms with van der Waals surface area (Å²) in [6.45, 7) is 0. The second-order valence-corrected chi connectivity index (χ2v) is 3.85. The highest BCUT2D eigenvalue weighted by atomic mass is 79.9. The molecule has 2 nitrogen and oxygen atoms in total. The Morgan fingerprint density at radius 3 is 3.09 bits per heavy atom. The molecule has 0 saturated heterocycles. The van der Waals surface area contributed by atoms with Gasteiger partial charge in [-0.3, -0.25) is 0 Å². The molecule has 1 radical (unpaired) electrons. The molecule has 0 aliphatic heterocycles. The van der Waals surface area contributed by atoms with Crippen molar-refractivity contribution in [3.63, 3.8) is 0 Å². The van der Waals surface area contributed by atoms with Gasteiger partial charge in [-0.05, 0) is 22.0 Å². The van der Waals surface area contributed by atoms with E-state index in [1.807, 2.05) is 17.6 Å². The molecule has 2 aromatic heterocycles. The molecule has 0 bridgehead atoms. The quantitative estimate of drug-likeness (QED) is 0.798. The number of aromatic amines is 1. The second kappa shape index (κ2) is 2.79. The first-order valence-corrected chi connectivity index (χ1v) is 4.69. The summed E-state index contributed by atoms with van der Waals surface area (Å²) >= 11 is 5.04. The summed E-state index contributed by atoms with van der Waals surface area (Å²) in [6, 6.07) is 2.04. The van der Waals surface area contributed by atoms with Crippen LogP contribution in [0.5, 0.6) is 0 Å². The van der Waals surface area contributed by atoms with Gasteiger partial charge >= 0.3 is 0 Å². The van der Waals surface area contributed by atoms with E-state index in [0.29, 0.717) is 0 Å². The molecule has 0 aromatic carbocycles. The van der Waals surface area contributed by atoms with Crippen molar-refractivity contribution in [3.8, 4) is 10.6 Å². The maximum Gasteiger partial charge on any atom is 0.174 e. The smallest absolute Gasteiger partial charge is 0.174 e. The number of nitrogens with one attached hydrogen (secondary N) is 1. The predicted octanol–water partition coefficient (Wildman–Crippen LogP) is 2.70. The van der Waals surface area contributed by atoms with Crippen molar-refractivity contribution in [2.75, 3.05) is 0 Å². The zero-order valence-corrected chi connectivity index (χ0v) is 7.87. The number of halogens is 1. The van der Waals surface area contributed by atoms with Crippen molar-refractivity contribution in [3.05, 3.63) is 28.4 Å². The highest BCUT2D eigenvalue weighted by Crippen LogP contribution is 2.27. The molecule has 0 fully saturated rings. The Kier molecular flexibility index (Phi) is 1.79. The van der Waals surface area contributed by atoms with Crippen LogP contribution in [0.1, 0.15) is 0 Å². The molecule has 0 aliphatic rings. The van der Waals surface area contributed by atoms with Crippen LogP contribution in [0.25, 0.3) is 10.6 Å². The molecule has 2 heterocycles. The minimum absolute atomic E-state index is 0.945. The van der Waals surface area contributed by atoms with Crippen molar-refractivity contribution in [1.29, 1.82) is 0 Å². The number of hydrogen-bond acceptors (Lipinski definition) is 2.